The molecule has 8 aromatic rings. The van der Waals surface area contributed by atoms with Gasteiger partial charge in [-0.25, -0.2) is 0 Å². The van der Waals surface area contributed by atoms with Crippen molar-refractivity contribution in [3.63, 3.8) is 0 Å². The molecular formula is C32H14BNO2. The number of rotatable bonds is 1. The maximum atomic E-state index is 6.52. The predicted molar refractivity (Wildman–Crippen MR) is 149 cm³/mol. The fourth-order valence-electron chi connectivity index (χ4n) is 7.75. The summed E-state index contributed by atoms with van der Waals surface area (Å²) in [5.74, 6) is 0. The van der Waals surface area contributed by atoms with Gasteiger partial charge in [-0.1, -0.05) is 42.5 Å². The van der Waals surface area contributed by atoms with Crippen molar-refractivity contribution < 1.29 is 8.83 Å². The molecule has 162 valence electrons. The number of hydrogen-bond donors (Lipinski definition) is 0. The van der Waals surface area contributed by atoms with E-state index in [9.17, 15) is 0 Å². The quantitative estimate of drug-likeness (QED) is 0.258. The van der Waals surface area contributed by atoms with Crippen molar-refractivity contribution in [3.05, 3.63) is 84.9 Å². The zero-order valence-electron chi connectivity index (χ0n) is 18.9. The third-order valence-electron chi connectivity index (χ3n) is 8.93. The van der Waals surface area contributed by atoms with Gasteiger partial charge in [0.2, 0.25) is 6.71 Å². The molecule has 0 radical (unpaired) electrons. The molecule has 0 unspecified atom stereocenters. The SMILES string of the molecule is c1ccc(N2c3ccc4ccc5oc6cc7oc8ccc9ccc2c2c9c8c7c7c6c5c4c3B27)cc1. The topological polar surface area (TPSA) is 29.5 Å². The average Bonchev–Trinajstić information content (AvgIpc) is 3.49. The summed E-state index contributed by atoms with van der Waals surface area (Å²) in [6, 6.07) is 30.8. The van der Waals surface area contributed by atoms with Gasteiger partial charge in [-0.15, -0.1) is 0 Å². The van der Waals surface area contributed by atoms with Crippen LogP contribution in [0, 0.1) is 0 Å². The number of nitrogens with zero attached hydrogens (tertiary/aromatic N) is 1. The lowest BCUT2D eigenvalue weighted by molar-refractivity contribution is 0.656. The normalized spacial score (nSPS) is 14.6. The second-order valence-corrected chi connectivity index (χ2v) is 10.4. The van der Waals surface area contributed by atoms with Gasteiger partial charge < -0.3 is 13.7 Å². The Morgan fingerprint density at radius 3 is 1.61 bits per heavy atom. The fourth-order valence-corrected chi connectivity index (χ4v) is 7.75. The van der Waals surface area contributed by atoms with Crippen LogP contribution < -0.4 is 21.3 Å². The van der Waals surface area contributed by atoms with E-state index in [1.807, 2.05) is 0 Å². The van der Waals surface area contributed by atoms with Crippen LogP contribution in [0.5, 0.6) is 0 Å². The zero-order valence-corrected chi connectivity index (χ0v) is 18.9. The molecule has 0 aliphatic carbocycles. The standard InChI is InChI=1S/C32H14BNO2/c1-2-4-17(5-3-1)34-18-10-6-15-8-12-20-26-24(15)30(18)33-31-19(34)11-7-16-9-13-21-27(25(16)31)29-23(36-21)14-22(35-20)28(26)32(29)33/h1-14H. The smallest absolute Gasteiger partial charge is 0.250 e. The Hall–Kier alpha value is -4.70. The van der Waals surface area contributed by atoms with Crippen molar-refractivity contribution in [1.29, 1.82) is 0 Å². The molecule has 0 atom stereocenters. The summed E-state index contributed by atoms with van der Waals surface area (Å²) in [6.45, 7) is 0.153. The van der Waals surface area contributed by atoms with Crippen LogP contribution in [0.15, 0.2) is 93.8 Å². The van der Waals surface area contributed by atoms with Gasteiger partial charge >= 0.3 is 0 Å². The minimum Gasteiger partial charge on any atom is -0.456 e. The van der Waals surface area contributed by atoms with Gasteiger partial charge in [0, 0.05) is 44.7 Å². The second-order valence-electron chi connectivity index (χ2n) is 10.4. The van der Waals surface area contributed by atoms with E-state index in [0.717, 1.165) is 22.3 Å². The van der Waals surface area contributed by atoms with Gasteiger partial charge in [-0.3, -0.25) is 0 Å². The van der Waals surface area contributed by atoms with Crippen LogP contribution in [0.2, 0.25) is 0 Å². The molecule has 36 heavy (non-hydrogen) atoms. The Bertz CT molecular complexity index is 2230. The van der Waals surface area contributed by atoms with Gasteiger partial charge in [-0.2, -0.15) is 0 Å². The molecule has 0 N–H and O–H groups in total. The zero-order chi connectivity index (χ0) is 22.9. The van der Waals surface area contributed by atoms with Crippen molar-refractivity contribution in [2.45, 2.75) is 0 Å². The molecule has 0 saturated heterocycles. The lowest BCUT2D eigenvalue weighted by Gasteiger charge is -2.41. The number of para-hydroxylation sites is 1. The third-order valence-corrected chi connectivity index (χ3v) is 8.93. The molecule has 0 amide bonds. The molecule has 4 heteroatoms. The Balaban J connectivity index is 1.54. The van der Waals surface area contributed by atoms with E-state index in [0.29, 0.717) is 0 Å². The molecule has 0 saturated carbocycles. The highest BCUT2D eigenvalue weighted by atomic mass is 16.3. The van der Waals surface area contributed by atoms with Crippen molar-refractivity contribution in [1.82, 2.24) is 0 Å². The van der Waals surface area contributed by atoms with E-state index in [1.165, 1.54) is 76.5 Å². The van der Waals surface area contributed by atoms with Crippen LogP contribution in [0.1, 0.15) is 0 Å². The Morgan fingerprint density at radius 1 is 0.472 bits per heavy atom. The van der Waals surface area contributed by atoms with Gasteiger partial charge in [0.25, 0.3) is 0 Å². The van der Waals surface area contributed by atoms with E-state index in [2.05, 4.69) is 89.8 Å². The number of benzene rings is 6. The number of anilines is 3. The molecule has 2 aromatic heterocycles. The third kappa shape index (κ3) is 1.54. The molecule has 11 rings (SSSR count). The highest BCUT2D eigenvalue weighted by molar-refractivity contribution is 7.05. The van der Waals surface area contributed by atoms with Gasteiger partial charge in [-0.05, 0) is 74.3 Å². The monoisotopic (exact) mass is 455 g/mol. The van der Waals surface area contributed by atoms with Crippen LogP contribution in [-0.2, 0) is 0 Å². The molecule has 0 fully saturated rings. The number of furan rings is 2. The minimum atomic E-state index is 0.153. The first-order valence-corrected chi connectivity index (χ1v) is 12.5. The maximum Gasteiger partial charge on any atom is 0.250 e. The minimum absolute atomic E-state index is 0.153. The van der Waals surface area contributed by atoms with Crippen molar-refractivity contribution in [2.75, 3.05) is 4.90 Å². The van der Waals surface area contributed by atoms with E-state index in [4.69, 9.17) is 8.83 Å². The van der Waals surface area contributed by atoms with Crippen molar-refractivity contribution in [2.24, 2.45) is 0 Å². The molecule has 3 aliphatic heterocycles. The fraction of sp³-hybridized carbons (Fsp3) is 0. The van der Waals surface area contributed by atoms with E-state index >= 15 is 0 Å². The first-order chi connectivity index (χ1) is 17.9. The summed E-state index contributed by atoms with van der Waals surface area (Å²) in [5, 5.41) is 10.3. The Morgan fingerprint density at radius 2 is 1.03 bits per heavy atom. The van der Waals surface area contributed by atoms with E-state index in [-0.39, 0.29) is 6.71 Å². The maximum absolute atomic E-state index is 6.52. The molecule has 3 nitrogen and oxygen atoms in total. The molecule has 5 heterocycles. The summed E-state index contributed by atoms with van der Waals surface area (Å²) in [7, 11) is 0. The average molecular weight is 455 g/mol. The highest BCUT2D eigenvalue weighted by Crippen LogP contribution is 2.48. The summed E-state index contributed by atoms with van der Waals surface area (Å²) < 4.78 is 13.0. The summed E-state index contributed by atoms with van der Waals surface area (Å²) in [5.41, 5.74) is 11.6. The van der Waals surface area contributed by atoms with Gasteiger partial charge in [0.15, 0.2) is 0 Å². The lowest BCUT2D eigenvalue weighted by atomic mass is 9.31. The largest absolute Gasteiger partial charge is 0.456 e. The van der Waals surface area contributed by atoms with Crippen LogP contribution in [0.3, 0.4) is 0 Å². The van der Waals surface area contributed by atoms with Crippen LogP contribution in [0.25, 0.3) is 65.4 Å². The summed E-state index contributed by atoms with van der Waals surface area (Å²) >= 11 is 0. The van der Waals surface area contributed by atoms with Crippen molar-refractivity contribution >= 4 is 106 Å². The Kier molecular flexibility index (Phi) is 2.40. The number of hydrogen-bond acceptors (Lipinski definition) is 3. The molecule has 0 spiro atoms. The first kappa shape index (κ1) is 16.9. The molecule has 3 aliphatic rings. The molecule has 0 bridgehead atoms. The van der Waals surface area contributed by atoms with Crippen LogP contribution in [0.4, 0.5) is 17.1 Å². The van der Waals surface area contributed by atoms with E-state index < -0.39 is 0 Å². The predicted octanol–water partition coefficient (Wildman–Crippen LogP) is 6.72. The van der Waals surface area contributed by atoms with Crippen molar-refractivity contribution in [3.8, 4) is 0 Å². The van der Waals surface area contributed by atoms with Gasteiger partial charge in [0.1, 0.15) is 22.3 Å². The summed E-state index contributed by atoms with van der Waals surface area (Å²) in [6.07, 6.45) is 0. The second kappa shape index (κ2) is 5.12. The summed E-state index contributed by atoms with van der Waals surface area (Å²) in [4.78, 5) is 2.46. The lowest BCUT2D eigenvalue weighted by Crippen LogP contribution is -2.60. The molecule has 6 aromatic carbocycles. The first-order valence-electron chi connectivity index (χ1n) is 12.5. The van der Waals surface area contributed by atoms with Gasteiger partial charge in [0.05, 0.1) is 0 Å². The van der Waals surface area contributed by atoms with E-state index in [1.54, 1.807) is 0 Å². The Labute approximate surface area is 204 Å². The van der Waals surface area contributed by atoms with Crippen LogP contribution >= 0.6 is 0 Å². The molecular weight excluding hydrogens is 441 g/mol. The van der Waals surface area contributed by atoms with Crippen LogP contribution in [-0.4, -0.2) is 6.71 Å². The highest BCUT2D eigenvalue weighted by Gasteiger charge is 2.45.